The van der Waals surface area contributed by atoms with Crippen LogP contribution >= 0.6 is 38.9 Å². The number of hydrogen-bond acceptors (Lipinski definition) is 3. The largest absolute Gasteiger partial charge is 0.398 e. The highest BCUT2D eigenvalue weighted by molar-refractivity contribution is 9.10. The summed E-state index contributed by atoms with van der Waals surface area (Å²) in [6.45, 7) is 1.71. The second-order valence-electron chi connectivity index (χ2n) is 4.22. The fourth-order valence-corrected chi connectivity index (χ4v) is 3.31. The van der Waals surface area contributed by atoms with Crippen molar-refractivity contribution in [2.75, 3.05) is 12.8 Å². The average molecular weight is 346 g/mol. The summed E-state index contributed by atoms with van der Waals surface area (Å²) in [6.07, 6.45) is 0. The number of anilines is 1. The van der Waals surface area contributed by atoms with Crippen molar-refractivity contribution >= 4 is 44.6 Å². The van der Waals surface area contributed by atoms with Gasteiger partial charge in [-0.25, -0.2) is 0 Å². The maximum atomic E-state index is 5.99. The van der Waals surface area contributed by atoms with Crippen LogP contribution in [0.3, 0.4) is 0 Å². The normalized spacial score (nSPS) is 11.1. The highest BCUT2D eigenvalue weighted by Gasteiger charge is 2.06. The highest BCUT2D eigenvalue weighted by atomic mass is 79.9. The number of nitrogens with zero attached hydrogens (tertiary/aromatic N) is 1. The molecule has 0 fully saturated rings. The maximum Gasteiger partial charge on any atom is 0.0931 e. The van der Waals surface area contributed by atoms with Gasteiger partial charge < -0.3 is 5.73 Å². The molecule has 0 aliphatic heterocycles. The Hall–Kier alpha value is -0.550. The van der Waals surface area contributed by atoms with Crippen molar-refractivity contribution in [1.82, 2.24) is 4.90 Å². The van der Waals surface area contributed by atoms with Crippen molar-refractivity contribution in [1.29, 1.82) is 0 Å². The van der Waals surface area contributed by atoms with E-state index in [0.717, 1.165) is 33.1 Å². The van der Waals surface area contributed by atoms with Crippen LogP contribution in [-0.4, -0.2) is 11.9 Å². The molecule has 2 nitrogen and oxygen atoms in total. The summed E-state index contributed by atoms with van der Waals surface area (Å²) in [5, 5.41) is 0. The van der Waals surface area contributed by atoms with Gasteiger partial charge in [-0.3, -0.25) is 4.90 Å². The Balaban J connectivity index is 2.00. The third kappa shape index (κ3) is 3.72. The molecule has 0 saturated carbocycles. The Morgan fingerprint density at radius 3 is 2.67 bits per heavy atom. The minimum atomic E-state index is 0.820. The topological polar surface area (TPSA) is 29.3 Å². The van der Waals surface area contributed by atoms with E-state index in [-0.39, 0.29) is 0 Å². The number of rotatable bonds is 4. The molecule has 5 heteroatoms. The Kier molecular flexibility index (Phi) is 4.67. The molecule has 1 aromatic carbocycles. The van der Waals surface area contributed by atoms with Crippen molar-refractivity contribution in [3.63, 3.8) is 0 Å². The molecular weight excluding hydrogens is 332 g/mol. The molecule has 96 valence electrons. The van der Waals surface area contributed by atoms with Crippen LogP contribution in [0.1, 0.15) is 10.4 Å². The minimum absolute atomic E-state index is 0.820. The van der Waals surface area contributed by atoms with Crippen LogP contribution in [0, 0.1) is 0 Å². The molecule has 0 atom stereocenters. The van der Waals surface area contributed by atoms with Gasteiger partial charge in [0.15, 0.2) is 0 Å². The lowest BCUT2D eigenvalue weighted by Crippen LogP contribution is -2.17. The van der Waals surface area contributed by atoms with E-state index < -0.39 is 0 Å². The van der Waals surface area contributed by atoms with Crippen LogP contribution in [0.2, 0.25) is 4.34 Å². The van der Waals surface area contributed by atoms with Crippen LogP contribution in [0.15, 0.2) is 34.8 Å². The van der Waals surface area contributed by atoms with Gasteiger partial charge in [-0.2, -0.15) is 0 Å². The van der Waals surface area contributed by atoms with Crippen molar-refractivity contribution in [2.24, 2.45) is 0 Å². The van der Waals surface area contributed by atoms with Crippen LogP contribution < -0.4 is 5.73 Å². The summed E-state index contributed by atoms with van der Waals surface area (Å²) in [4.78, 5) is 3.49. The first-order valence-corrected chi connectivity index (χ1v) is 7.50. The standard InChI is InChI=1S/C13H14BrClN2S/c1-17(8-11-4-5-13(15)18-11)7-9-2-3-10(14)6-12(9)16/h2-6H,7-8,16H2,1H3. The monoisotopic (exact) mass is 344 g/mol. The van der Waals surface area contributed by atoms with Gasteiger partial charge in [-0.15, -0.1) is 11.3 Å². The maximum absolute atomic E-state index is 5.99. The molecule has 2 N–H and O–H groups in total. The van der Waals surface area contributed by atoms with Crippen molar-refractivity contribution < 1.29 is 0 Å². The summed E-state index contributed by atoms with van der Waals surface area (Å²) in [5.74, 6) is 0. The Morgan fingerprint density at radius 2 is 2.06 bits per heavy atom. The lowest BCUT2D eigenvalue weighted by atomic mass is 10.1. The predicted octanol–water partition coefficient (Wildman–Crippen LogP) is 4.38. The summed E-state index contributed by atoms with van der Waals surface area (Å²) in [7, 11) is 2.08. The molecule has 2 rings (SSSR count). The molecule has 0 bridgehead atoms. The lowest BCUT2D eigenvalue weighted by molar-refractivity contribution is 0.322. The highest BCUT2D eigenvalue weighted by Crippen LogP contribution is 2.24. The fourth-order valence-electron chi connectivity index (χ4n) is 1.76. The Labute approximate surface area is 124 Å². The quantitative estimate of drug-likeness (QED) is 0.833. The van der Waals surface area contributed by atoms with Gasteiger partial charge in [0, 0.05) is 28.1 Å². The van der Waals surface area contributed by atoms with Gasteiger partial charge in [-0.05, 0) is 36.9 Å². The van der Waals surface area contributed by atoms with Crippen LogP contribution in [0.4, 0.5) is 5.69 Å². The van der Waals surface area contributed by atoms with Crippen LogP contribution in [-0.2, 0) is 13.1 Å². The van der Waals surface area contributed by atoms with E-state index in [0.29, 0.717) is 0 Å². The second kappa shape index (κ2) is 6.06. The predicted molar refractivity (Wildman–Crippen MR) is 83.1 cm³/mol. The number of nitrogens with two attached hydrogens (primary N) is 1. The third-order valence-electron chi connectivity index (χ3n) is 2.60. The van der Waals surface area contributed by atoms with Crippen molar-refractivity contribution in [3.8, 4) is 0 Å². The average Bonchev–Trinajstić information content (AvgIpc) is 2.68. The van der Waals surface area contributed by atoms with Crippen LogP contribution in [0.5, 0.6) is 0 Å². The van der Waals surface area contributed by atoms with E-state index >= 15 is 0 Å². The van der Waals surface area contributed by atoms with Crippen molar-refractivity contribution in [2.45, 2.75) is 13.1 Å². The molecule has 0 spiro atoms. The summed E-state index contributed by atoms with van der Waals surface area (Å²) in [6, 6.07) is 10.0. The Bertz CT molecular complexity index is 542. The molecule has 0 amide bonds. The first-order valence-electron chi connectivity index (χ1n) is 5.51. The van der Waals surface area contributed by atoms with E-state index in [1.807, 2.05) is 18.2 Å². The number of thiophene rings is 1. The molecule has 0 radical (unpaired) electrons. The zero-order valence-corrected chi connectivity index (χ0v) is 13.1. The first kappa shape index (κ1) is 13.9. The van der Waals surface area contributed by atoms with Gasteiger partial charge in [0.1, 0.15) is 0 Å². The zero-order chi connectivity index (χ0) is 13.1. The molecule has 0 saturated heterocycles. The SMILES string of the molecule is CN(Cc1ccc(Cl)s1)Cc1ccc(Br)cc1N. The molecule has 0 unspecified atom stereocenters. The van der Waals surface area contributed by atoms with E-state index in [4.69, 9.17) is 17.3 Å². The smallest absolute Gasteiger partial charge is 0.0931 e. The summed E-state index contributed by atoms with van der Waals surface area (Å²) >= 11 is 11.0. The van der Waals surface area contributed by atoms with Gasteiger partial charge in [0.2, 0.25) is 0 Å². The molecule has 0 aliphatic rings. The second-order valence-corrected chi connectivity index (χ2v) is 6.94. The molecule has 2 aromatic rings. The Morgan fingerprint density at radius 1 is 1.28 bits per heavy atom. The summed E-state index contributed by atoms with van der Waals surface area (Å²) in [5.41, 5.74) is 7.95. The first-order chi connectivity index (χ1) is 8.54. The van der Waals surface area contributed by atoms with E-state index in [1.54, 1.807) is 11.3 Å². The van der Waals surface area contributed by atoms with E-state index in [1.165, 1.54) is 4.88 Å². The molecular formula is C13H14BrClN2S. The number of benzene rings is 1. The van der Waals surface area contributed by atoms with Gasteiger partial charge in [-0.1, -0.05) is 33.6 Å². The minimum Gasteiger partial charge on any atom is -0.398 e. The lowest BCUT2D eigenvalue weighted by Gasteiger charge is -2.17. The van der Waals surface area contributed by atoms with E-state index in [9.17, 15) is 0 Å². The molecule has 0 aliphatic carbocycles. The van der Waals surface area contributed by atoms with Crippen molar-refractivity contribution in [3.05, 3.63) is 49.6 Å². The molecule has 1 aromatic heterocycles. The molecule has 18 heavy (non-hydrogen) atoms. The van der Waals surface area contributed by atoms with Gasteiger partial charge >= 0.3 is 0 Å². The zero-order valence-electron chi connectivity index (χ0n) is 9.99. The third-order valence-corrected chi connectivity index (χ3v) is 4.31. The van der Waals surface area contributed by atoms with E-state index in [2.05, 4.69) is 40.0 Å². The van der Waals surface area contributed by atoms with Crippen LogP contribution in [0.25, 0.3) is 0 Å². The number of halogens is 2. The summed E-state index contributed by atoms with van der Waals surface area (Å²) < 4.78 is 1.85. The molecule has 1 heterocycles. The van der Waals surface area contributed by atoms with Gasteiger partial charge in [0.25, 0.3) is 0 Å². The fraction of sp³-hybridized carbons (Fsp3) is 0.231. The number of nitrogen functional groups attached to an aromatic ring is 1. The number of hydrogen-bond donors (Lipinski definition) is 1. The van der Waals surface area contributed by atoms with Gasteiger partial charge in [0.05, 0.1) is 4.34 Å².